The molecule has 0 bridgehead atoms. The van der Waals surface area contributed by atoms with E-state index in [2.05, 4.69) is 15.2 Å². The predicted octanol–water partition coefficient (Wildman–Crippen LogP) is 3.31. The van der Waals surface area contributed by atoms with Gasteiger partial charge < -0.3 is 19.7 Å². The van der Waals surface area contributed by atoms with Gasteiger partial charge in [-0.1, -0.05) is 35.3 Å². The molecule has 1 aliphatic heterocycles. The average molecular weight is 410 g/mol. The average Bonchev–Trinajstić information content (AvgIpc) is 2.70. The highest BCUT2D eigenvalue weighted by Crippen LogP contribution is 2.32. The zero-order valence-electron chi connectivity index (χ0n) is 15.0. The van der Waals surface area contributed by atoms with Crippen molar-refractivity contribution in [1.29, 1.82) is 0 Å². The van der Waals surface area contributed by atoms with Crippen LogP contribution in [0.4, 0.5) is 5.82 Å². The molecule has 6 nitrogen and oxygen atoms in total. The van der Waals surface area contributed by atoms with E-state index in [0.717, 1.165) is 24.5 Å². The Hall–Kier alpha value is -2.02. The lowest BCUT2D eigenvalue weighted by atomic mass is 10.2. The highest BCUT2D eigenvalue weighted by Gasteiger charge is 2.19. The van der Waals surface area contributed by atoms with Crippen LogP contribution in [0.15, 0.2) is 36.5 Å². The van der Waals surface area contributed by atoms with Gasteiger partial charge in [0.05, 0.1) is 18.2 Å². The molecular weight excluding hydrogens is 389 g/mol. The first-order chi connectivity index (χ1) is 13.1. The number of rotatable bonds is 6. The van der Waals surface area contributed by atoms with Crippen LogP contribution in [0.2, 0.25) is 10.0 Å². The molecule has 0 saturated carbocycles. The monoisotopic (exact) mass is 409 g/mol. The Labute approximate surface area is 168 Å². The normalized spacial score (nSPS) is 15.3. The molecule has 2 heterocycles. The summed E-state index contributed by atoms with van der Waals surface area (Å²) >= 11 is 12.1. The molecule has 0 radical (unpaired) electrons. The molecule has 1 aromatic carbocycles. The summed E-state index contributed by atoms with van der Waals surface area (Å²) in [5.74, 6) is 0.998. The largest absolute Gasteiger partial charge is 0.479 e. The van der Waals surface area contributed by atoms with Crippen molar-refractivity contribution in [2.45, 2.75) is 19.6 Å². The molecule has 0 spiro atoms. The molecule has 2 aromatic rings. The third-order valence-electron chi connectivity index (χ3n) is 4.22. The number of ether oxygens (including phenoxy) is 2. The highest BCUT2D eigenvalue weighted by atomic mass is 35.5. The second-order valence-corrected chi connectivity index (χ2v) is 6.90. The van der Waals surface area contributed by atoms with Crippen LogP contribution >= 0.6 is 23.2 Å². The van der Waals surface area contributed by atoms with E-state index in [0.29, 0.717) is 35.6 Å². The maximum atomic E-state index is 12.4. The van der Waals surface area contributed by atoms with Crippen molar-refractivity contribution in [2.24, 2.45) is 0 Å². The molecule has 1 atom stereocenters. The number of halogens is 2. The minimum Gasteiger partial charge on any atom is -0.479 e. The maximum absolute atomic E-state index is 12.4. The first-order valence-corrected chi connectivity index (χ1v) is 9.47. The van der Waals surface area contributed by atoms with Crippen LogP contribution in [-0.2, 0) is 16.1 Å². The van der Waals surface area contributed by atoms with Gasteiger partial charge in [-0.25, -0.2) is 4.98 Å². The van der Waals surface area contributed by atoms with Crippen molar-refractivity contribution in [3.8, 4) is 5.75 Å². The van der Waals surface area contributed by atoms with E-state index in [1.165, 1.54) is 0 Å². The van der Waals surface area contributed by atoms with Crippen LogP contribution in [0, 0.1) is 0 Å². The van der Waals surface area contributed by atoms with Gasteiger partial charge in [-0.05, 0) is 25.1 Å². The fourth-order valence-electron chi connectivity index (χ4n) is 2.77. The first kappa shape index (κ1) is 19.7. The number of pyridine rings is 1. The Morgan fingerprint density at radius 2 is 2.07 bits per heavy atom. The van der Waals surface area contributed by atoms with Crippen molar-refractivity contribution in [3.63, 3.8) is 0 Å². The number of amides is 1. The summed E-state index contributed by atoms with van der Waals surface area (Å²) in [5.41, 5.74) is 0.945. The molecule has 1 amide bonds. The van der Waals surface area contributed by atoms with E-state index < -0.39 is 6.10 Å². The summed E-state index contributed by atoms with van der Waals surface area (Å²) in [7, 11) is 0. The molecule has 3 rings (SSSR count). The van der Waals surface area contributed by atoms with Crippen LogP contribution in [0.25, 0.3) is 0 Å². The van der Waals surface area contributed by atoms with Crippen LogP contribution in [0.1, 0.15) is 12.5 Å². The van der Waals surface area contributed by atoms with E-state index in [1.54, 1.807) is 31.3 Å². The van der Waals surface area contributed by atoms with Gasteiger partial charge in [-0.15, -0.1) is 0 Å². The molecule has 0 aliphatic carbocycles. The molecular formula is C19H21Cl2N3O3. The van der Waals surface area contributed by atoms with E-state index in [-0.39, 0.29) is 5.91 Å². The third kappa shape index (κ3) is 5.03. The Balaban J connectivity index is 1.61. The topological polar surface area (TPSA) is 63.7 Å². The van der Waals surface area contributed by atoms with Crippen LogP contribution in [0.5, 0.6) is 5.75 Å². The standard InChI is InChI=1S/C19H21Cl2N3O3/c1-13(27-16-6-2-5-15(20)17(16)21)19(25)23-12-14-4-3-7-22-18(14)24-8-10-26-11-9-24/h2-7,13H,8-12H2,1H3,(H,23,25). The third-order valence-corrected chi connectivity index (χ3v) is 5.02. The molecule has 1 N–H and O–H groups in total. The number of morpholine rings is 1. The van der Waals surface area contributed by atoms with Gasteiger partial charge in [0.2, 0.25) is 0 Å². The Morgan fingerprint density at radius 3 is 2.85 bits per heavy atom. The lowest BCUT2D eigenvalue weighted by molar-refractivity contribution is -0.127. The quantitative estimate of drug-likeness (QED) is 0.792. The van der Waals surface area contributed by atoms with Gasteiger partial charge in [0.25, 0.3) is 5.91 Å². The number of hydrogen-bond donors (Lipinski definition) is 1. The Kier molecular flexibility index (Phi) is 6.77. The zero-order valence-corrected chi connectivity index (χ0v) is 16.5. The minimum atomic E-state index is -0.718. The summed E-state index contributed by atoms with van der Waals surface area (Å²) in [6.07, 6.45) is 1.03. The molecule has 1 unspecified atom stereocenters. The molecule has 1 aromatic heterocycles. The number of nitrogens with one attached hydrogen (secondary N) is 1. The minimum absolute atomic E-state index is 0.247. The van der Waals surface area contributed by atoms with Crippen molar-refractivity contribution < 1.29 is 14.3 Å². The molecule has 27 heavy (non-hydrogen) atoms. The molecule has 144 valence electrons. The van der Waals surface area contributed by atoms with Crippen LogP contribution in [-0.4, -0.2) is 43.3 Å². The summed E-state index contributed by atoms with van der Waals surface area (Å²) in [6.45, 7) is 4.94. The number of nitrogens with zero attached hydrogens (tertiary/aromatic N) is 2. The van der Waals surface area contributed by atoms with Crippen LogP contribution < -0.4 is 15.0 Å². The van der Waals surface area contributed by atoms with E-state index >= 15 is 0 Å². The number of carbonyl (C=O) groups excluding carboxylic acids is 1. The second kappa shape index (κ2) is 9.26. The van der Waals surface area contributed by atoms with Crippen LogP contribution in [0.3, 0.4) is 0 Å². The number of aromatic nitrogens is 1. The van der Waals surface area contributed by atoms with Gasteiger partial charge in [-0.2, -0.15) is 0 Å². The lowest BCUT2D eigenvalue weighted by Crippen LogP contribution is -2.39. The van der Waals surface area contributed by atoms with Gasteiger partial charge in [0.1, 0.15) is 16.6 Å². The summed E-state index contributed by atoms with van der Waals surface area (Å²) in [4.78, 5) is 19.1. The summed E-state index contributed by atoms with van der Waals surface area (Å²) in [6, 6.07) is 8.87. The first-order valence-electron chi connectivity index (χ1n) is 8.71. The predicted molar refractivity (Wildman–Crippen MR) is 106 cm³/mol. The highest BCUT2D eigenvalue weighted by molar-refractivity contribution is 6.42. The number of anilines is 1. The van der Waals surface area contributed by atoms with Crippen molar-refractivity contribution >= 4 is 34.9 Å². The molecule has 1 saturated heterocycles. The number of benzene rings is 1. The van der Waals surface area contributed by atoms with Crippen molar-refractivity contribution in [1.82, 2.24) is 10.3 Å². The Bertz CT molecular complexity index is 798. The van der Waals surface area contributed by atoms with Gasteiger partial charge in [0.15, 0.2) is 6.10 Å². The van der Waals surface area contributed by atoms with Gasteiger partial charge in [-0.3, -0.25) is 4.79 Å². The molecule has 8 heteroatoms. The second-order valence-electron chi connectivity index (χ2n) is 6.12. The van der Waals surface area contributed by atoms with Crippen molar-refractivity contribution in [2.75, 3.05) is 31.2 Å². The maximum Gasteiger partial charge on any atom is 0.261 e. The van der Waals surface area contributed by atoms with E-state index in [4.69, 9.17) is 32.7 Å². The van der Waals surface area contributed by atoms with Gasteiger partial charge in [0, 0.05) is 31.4 Å². The van der Waals surface area contributed by atoms with Gasteiger partial charge >= 0.3 is 0 Å². The van der Waals surface area contributed by atoms with Crippen molar-refractivity contribution in [3.05, 3.63) is 52.1 Å². The zero-order chi connectivity index (χ0) is 19.2. The fourth-order valence-corrected chi connectivity index (χ4v) is 3.11. The lowest BCUT2D eigenvalue weighted by Gasteiger charge is -2.29. The molecule has 1 aliphatic rings. The molecule has 1 fully saturated rings. The SMILES string of the molecule is CC(Oc1cccc(Cl)c1Cl)C(=O)NCc1cccnc1N1CCOCC1. The number of hydrogen-bond acceptors (Lipinski definition) is 5. The van der Waals surface area contributed by atoms with E-state index in [9.17, 15) is 4.79 Å². The Morgan fingerprint density at radius 1 is 1.30 bits per heavy atom. The smallest absolute Gasteiger partial charge is 0.261 e. The van der Waals surface area contributed by atoms with E-state index in [1.807, 2.05) is 12.1 Å². The number of carbonyl (C=O) groups is 1. The fraction of sp³-hybridized carbons (Fsp3) is 0.368. The summed E-state index contributed by atoms with van der Waals surface area (Å²) in [5, 5.41) is 3.57. The summed E-state index contributed by atoms with van der Waals surface area (Å²) < 4.78 is 11.0.